The van der Waals surface area contributed by atoms with Crippen LogP contribution in [0.1, 0.15) is 16.7 Å². The number of nitrogens with one attached hydrogen (secondary N) is 2. The quantitative estimate of drug-likeness (QED) is 0.118. The van der Waals surface area contributed by atoms with Crippen LogP contribution in [-0.4, -0.2) is 12.1 Å². The van der Waals surface area contributed by atoms with Crippen LogP contribution in [0.5, 0.6) is 0 Å². The van der Waals surface area contributed by atoms with Crippen LogP contribution in [0.3, 0.4) is 0 Å². The van der Waals surface area contributed by atoms with Crippen molar-refractivity contribution in [2.45, 2.75) is 6.92 Å². The average molecular weight is 712 g/mol. The van der Waals surface area contributed by atoms with E-state index in [9.17, 15) is 0 Å². The predicted molar refractivity (Wildman–Crippen MR) is 232 cm³/mol. The van der Waals surface area contributed by atoms with Crippen molar-refractivity contribution in [1.29, 1.82) is 10.8 Å². The minimum atomic E-state index is 0.121. The van der Waals surface area contributed by atoms with E-state index < -0.39 is 0 Å². The first-order valence-electron chi connectivity index (χ1n) is 18.2. The highest BCUT2D eigenvalue weighted by molar-refractivity contribution is 6.13. The molecular weight excluding hydrogens is 671 g/mol. The fourth-order valence-corrected chi connectivity index (χ4v) is 6.57. The van der Waals surface area contributed by atoms with E-state index in [4.69, 9.17) is 21.0 Å². The molecule has 0 saturated heterocycles. The molecule has 1 heterocycles. The topological polar surface area (TPSA) is 86.9 Å². The lowest BCUT2D eigenvalue weighted by Gasteiger charge is -2.12. The number of hydrogen-bond donors (Lipinski definition) is 3. The number of aryl methyl sites for hydroxylation is 1. The summed E-state index contributed by atoms with van der Waals surface area (Å²) in [5.41, 5.74) is 19.2. The predicted octanol–water partition coefficient (Wildman–Crippen LogP) is 13.2. The molecule has 0 amide bonds. The summed E-state index contributed by atoms with van der Waals surface area (Å²) in [6.07, 6.45) is 1.40. The van der Waals surface area contributed by atoms with Crippen LogP contribution in [0.4, 0.5) is 0 Å². The molecule has 0 radical (unpaired) electrons. The van der Waals surface area contributed by atoms with Crippen molar-refractivity contribution in [3.05, 3.63) is 217 Å². The second-order valence-electron chi connectivity index (χ2n) is 13.2. The van der Waals surface area contributed by atoms with Gasteiger partial charge in [-0.25, -0.2) is 0 Å². The van der Waals surface area contributed by atoms with Gasteiger partial charge in [-0.1, -0.05) is 163 Å². The minimum Gasteiger partial charge on any atom is -0.456 e. The van der Waals surface area contributed by atoms with Crippen LogP contribution in [0.15, 0.2) is 205 Å². The Balaban J connectivity index is 0.000000240. The zero-order valence-electron chi connectivity index (χ0n) is 30.6. The molecule has 0 atom stereocenters. The van der Waals surface area contributed by atoms with Gasteiger partial charge in [0.05, 0.1) is 0 Å². The lowest BCUT2D eigenvalue weighted by Crippen LogP contribution is -2.10. The Morgan fingerprint density at radius 2 is 0.909 bits per heavy atom. The normalized spacial score (nSPS) is 10.5. The van der Waals surface area contributed by atoms with Gasteiger partial charge in [-0.2, -0.15) is 0 Å². The van der Waals surface area contributed by atoms with E-state index in [1.165, 1.54) is 45.2 Å². The number of furan rings is 1. The first kappa shape index (κ1) is 36.1. The largest absolute Gasteiger partial charge is 0.456 e. The number of amidine groups is 1. The molecule has 0 unspecified atom stereocenters. The second-order valence-corrected chi connectivity index (χ2v) is 13.2. The molecule has 0 aliphatic rings. The number of benzene rings is 8. The van der Waals surface area contributed by atoms with Crippen LogP contribution >= 0.6 is 0 Å². The van der Waals surface area contributed by atoms with Crippen molar-refractivity contribution in [2.75, 3.05) is 0 Å². The smallest absolute Gasteiger partial charge is 0.136 e. The molecule has 55 heavy (non-hydrogen) atoms. The van der Waals surface area contributed by atoms with E-state index in [0.29, 0.717) is 0 Å². The Morgan fingerprint density at radius 1 is 0.455 bits per heavy atom. The van der Waals surface area contributed by atoms with Crippen LogP contribution in [-0.2, 0) is 0 Å². The molecule has 1 aromatic heterocycles. The number of fused-ring (bicyclic) bond motifs is 3. The highest BCUT2D eigenvalue weighted by Crippen LogP contribution is 2.37. The lowest BCUT2D eigenvalue weighted by atomic mass is 9.92. The van der Waals surface area contributed by atoms with Gasteiger partial charge in [-0.05, 0) is 93.9 Å². The number of nitrogen functional groups attached to an aromatic ring is 1. The zero-order chi connectivity index (χ0) is 38.0. The van der Waals surface area contributed by atoms with Crippen molar-refractivity contribution in [3.8, 4) is 44.5 Å². The van der Waals surface area contributed by atoms with Crippen LogP contribution in [0.25, 0.3) is 66.4 Å². The Morgan fingerprint density at radius 3 is 1.42 bits per heavy atom. The van der Waals surface area contributed by atoms with Crippen molar-refractivity contribution in [1.82, 2.24) is 0 Å². The first-order valence-corrected chi connectivity index (χ1v) is 18.2. The Hall–Kier alpha value is -7.30. The summed E-state index contributed by atoms with van der Waals surface area (Å²) >= 11 is 0. The van der Waals surface area contributed by atoms with Crippen LogP contribution in [0.2, 0.25) is 0 Å². The second kappa shape index (κ2) is 17.0. The van der Waals surface area contributed by atoms with Crippen LogP contribution in [0, 0.1) is 17.7 Å². The van der Waals surface area contributed by atoms with Crippen molar-refractivity contribution >= 4 is 34.0 Å². The molecule has 266 valence electrons. The van der Waals surface area contributed by atoms with Gasteiger partial charge >= 0.3 is 0 Å². The molecule has 0 fully saturated rings. The molecule has 9 rings (SSSR count). The maximum Gasteiger partial charge on any atom is 0.136 e. The molecule has 4 nitrogen and oxygen atoms in total. The van der Waals surface area contributed by atoms with Gasteiger partial charge in [-0.15, -0.1) is 0 Å². The first-order chi connectivity index (χ1) is 27.0. The SMILES string of the molecule is Cc1ccccc1.N=C(N)c1ccccc1.N=Cc1cccc2oc3ccc(-c4cccc(-c5cc(-c6ccccc6)cc(-c6ccccc6)c5)c4)cc3c12. The summed E-state index contributed by atoms with van der Waals surface area (Å²) in [6, 6.07) is 68.4. The van der Waals surface area contributed by atoms with E-state index in [1.54, 1.807) is 0 Å². The van der Waals surface area contributed by atoms with E-state index in [2.05, 4.69) is 134 Å². The minimum absolute atomic E-state index is 0.121. The Kier molecular flexibility index (Phi) is 11.2. The number of hydrogen-bond acceptors (Lipinski definition) is 3. The summed E-state index contributed by atoms with van der Waals surface area (Å²) in [5, 5.41) is 16.9. The average Bonchev–Trinajstić information content (AvgIpc) is 3.64. The maximum absolute atomic E-state index is 7.87. The third-order valence-electron chi connectivity index (χ3n) is 9.38. The standard InChI is InChI=1S/C37H25NO.C7H8N2.C7H8/c38-24-30-15-8-16-36-37(30)34-23-29(17-18-35(34)39-36)27-13-7-14-28(19-27)33-21-31(25-9-3-1-4-10-25)20-32(22-33)26-11-5-2-6-12-26;8-7(9)6-4-2-1-3-5-6;1-7-5-3-2-4-6-7/h1-24,38H;1-5H,(H3,8,9);2-6H,1H3. The molecule has 0 bridgehead atoms. The van der Waals surface area contributed by atoms with E-state index in [1.807, 2.05) is 72.8 Å². The highest BCUT2D eigenvalue weighted by Gasteiger charge is 2.13. The summed E-state index contributed by atoms with van der Waals surface area (Å²) in [6.45, 7) is 2.08. The summed E-state index contributed by atoms with van der Waals surface area (Å²) in [4.78, 5) is 0. The summed E-state index contributed by atoms with van der Waals surface area (Å²) < 4.78 is 6.09. The third kappa shape index (κ3) is 8.68. The van der Waals surface area contributed by atoms with Crippen LogP contribution < -0.4 is 5.73 Å². The van der Waals surface area contributed by atoms with Gasteiger partial charge in [0.2, 0.25) is 0 Å². The van der Waals surface area contributed by atoms with Gasteiger partial charge in [0, 0.05) is 28.1 Å². The van der Waals surface area contributed by atoms with Crippen molar-refractivity contribution in [2.24, 2.45) is 5.73 Å². The molecule has 0 saturated carbocycles. The molecule has 4 heteroatoms. The molecule has 8 aromatic carbocycles. The highest BCUT2D eigenvalue weighted by atomic mass is 16.3. The van der Waals surface area contributed by atoms with Crippen molar-refractivity contribution in [3.63, 3.8) is 0 Å². The van der Waals surface area contributed by atoms with Gasteiger partial charge in [-0.3, -0.25) is 5.41 Å². The molecular formula is C51H41N3O. The fraction of sp³-hybridized carbons (Fsp3) is 0.0196. The lowest BCUT2D eigenvalue weighted by molar-refractivity contribution is 0.669. The third-order valence-corrected chi connectivity index (χ3v) is 9.38. The molecule has 0 spiro atoms. The molecule has 9 aromatic rings. The van der Waals surface area contributed by atoms with Gasteiger partial charge in [0.25, 0.3) is 0 Å². The molecule has 0 aliphatic heterocycles. The van der Waals surface area contributed by atoms with Gasteiger partial charge < -0.3 is 15.6 Å². The summed E-state index contributed by atoms with van der Waals surface area (Å²) in [5.74, 6) is 0.121. The Labute approximate surface area is 322 Å². The molecule has 0 aliphatic carbocycles. The van der Waals surface area contributed by atoms with E-state index >= 15 is 0 Å². The molecule has 4 N–H and O–H groups in total. The zero-order valence-corrected chi connectivity index (χ0v) is 30.6. The van der Waals surface area contributed by atoms with E-state index in [-0.39, 0.29) is 5.84 Å². The van der Waals surface area contributed by atoms with Gasteiger partial charge in [0.1, 0.15) is 17.0 Å². The van der Waals surface area contributed by atoms with Gasteiger partial charge in [0.15, 0.2) is 0 Å². The number of nitrogens with two attached hydrogens (primary N) is 1. The fourth-order valence-electron chi connectivity index (χ4n) is 6.57. The summed E-state index contributed by atoms with van der Waals surface area (Å²) in [7, 11) is 0. The van der Waals surface area contributed by atoms with E-state index in [0.717, 1.165) is 44.2 Å². The monoisotopic (exact) mass is 711 g/mol. The van der Waals surface area contributed by atoms with Crippen molar-refractivity contribution < 1.29 is 4.42 Å². The maximum atomic E-state index is 7.87. The Bertz CT molecular complexity index is 2630. The number of rotatable bonds is 6.